The summed E-state index contributed by atoms with van der Waals surface area (Å²) in [6.45, 7) is 0. The first kappa shape index (κ1) is 13.5. The highest BCUT2D eigenvalue weighted by Crippen LogP contribution is 2.39. The van der Waals surface area contributed by atoms with E-state index in [9.17, 15) is 4.79 Å². The second-order valence-corrected chi connectivity index (χ2v) is 6.56. The van der Waals surface area contributed by atoms with E-state index >= 15 is 0 Å². The van der Waals surface area contributed by atoms with Crippen molar-refractivity contribution in [3.63, 3.8) is 0 Å². The van der Waals surface area contributed by atoms with Crippen LogP contribution in [0.4, 0.5) is 5.82 Å². The van der Waals surface area contributed by atoms with Gasteiger partial charge in [0.25, 0.3) is 0 Å². The van der Waals surface area contributed by atoms with Gasteiger partial charge in [-0.25, -0.2) is 4.98 Å². The van der Waals surface area contributed by atoms with Gasteiger partial charge in [-0.1, -0.05) is 23.7 Å². The number of hydrogen-bond acceptors (Lipinski definition) is 3. The zero-order valence-corrected chi connectivity index (χ0v) is 13.1. The van der Waals surface area contributed by atoms with E-state index in [1.54, 1.807) is 17.7 Å². The molecular weight excluding hydrogens is 318 g/mol. The molecular formula is C16H12ClN3OS. The van der Waals surface area contributed by atoms with Gasteiger partial charge in [0, 0.05) is 27.9 Å². The van der Waals surface area contributed by atoms with Crippen molar-refractivity contribution < 1.29 is 4.79 Å². The van der Waals surface area contributed by atoms with Gasteiger partial charge in [0.15, 0.2) is 0 Å². The lowest BCUT2D eigenvalue weighted by Gasteiger charge is -2.22. The lowest BCUT2D eigenvalue weighted by molar-refractivity contribution is -0.116. The number of nitrogens with zero attached hydrogens (tertiary/aromatic N) is 2. The number of carbonyl (C=O) groups is 1. The van der Waals surface area contributed by atoms with Gasteiger partial charge >= 0.3 is 0 Å². The summed E-state index contributed by atoms with van der Waals surface area (Å²) in [5.74, 6) is 0.760. The van der Waals surface area contributed by atoms with E-state index in [0.717, 1.165) is 22.1 Å². The van der Waals surface area contributed by atoms with Gasteiger partial charge in [-0.15, -0.1) is 11.3 Å². The molecule has 4 nitrogen and oxygen atoms in total. The molecule has 22 heavy (non-hydrogen) atoms. The van der Waals surface area contributed by atoms with E-state index < -0.39 is 0 Å². The molecule has 0 bridgehead atoms. The standard InChI is InChI=1S/C16H12ClN3OS/c17-10-3-1-4-11(7-10)20-9-18-15-12(13-5-2-6-22-13)8-14(21)19-16(15)20/h1-7,9,12H,8H2,(H,19,21). The fourth-order valence-corrected chi connectivity index (χ4v) is 3.77. The SMILES string of the molecule is O=C1CC(c2cccs2)c2ncn(-c3cccc(Cl)c3)c2N1. The van der Waals surface area contributed by atoms with E-state index in [4.69, 9.17) is 11.6 Å². The van der Waals surface area contributed by atoms with Crippen molar-refractivity contribution in [2.24, 2.45) is 0 Å². The number of hydrogen-bond donors (Lipinski definition) is 1. The van der Waals surface area contributed by atoms with Crippen molar-refractivity contribution in [2.75, 3.05) is 5.32 Å². The first-order valence-corrected chi connectivity index (χ1v) is 8.14. The first-order chi connectivity index (χ1) is 10.7. The molecule has 1 unspecified atom stereocenters. The minimum atomic E-state index is 0.00896. The Bertz CT molecular complexity index is 841. The molecule has 3 aromatic rings. The van der Waals surface area contributed by atoms with Crippen LogP contribution < -0.4 is 5.32 Å². The van der Waals surface area contributed by atoms with Crippen molar-refractivity contribution in [1.29, 1.82) is 0 Å². The van der Waals surface area contributed by atoms with Crippen molar-refractivity contribution >= 4 is 34.7 Å². The molecule has 1 N–H and O–H groups in total. The number of benzene rings is 1. The van der Waals surface area contributed by atoms with Crippen LogP contribution in [-0.4, -0.2) is 15.5 Å². The highest BCUT2D eigenvalue weighted by Gasteiger charge is 2.31. The van der Waals surface area contributed by atoms with Crippen LogP contribution in [0.25, 0.3) is 5.69 Å². The minimum Gasteiger partial charge on any atom is -0.310 e. The molecule has 0 radical (unpaired) electrons. The molecule has 0 spiro atoms. The number of rotatable bonds is 2. The number of aromatic nitrogens is 2. The summed E-state index contributed by atoms with van der Waals surface area (Å²) in [5.41, 5.74) is 1.79. The molecule has 0 fully saturated rings. The van der Waals surface area contributed by atoms with E-state index in [1.165, 1.54) is 0 Å². The molecule has 0 saturated carbocycles. The van der Waals surface area contributed by atoms with E-state index in [-0.39, 0.29) is 11.8 Å². The lowest BCUT2D eigenvalue weighted by Crippen LogP contribution is -2.24. The molecule has 0 saturated heterocycles. The number of imidazole rings is 1. The number of anilines is 1. The number of nitrogens with one attached hydrogen (secondary N) is 1. The van der Waals surface area contributed by atoms with Crippen LogP contribution in [0.3, 0.4) is 0 Å². The van der Waals surface area contributed by atoms with Gasteiger partial charge < -0.3 is 5.32 Å². The predicted octanol–water partition coefficient (Wildman–Crippen LogP) is 4.06. The maximum Gasteiger partial charge on any atom is 0.226 e. The molecule has 6 heteroatoms. The van der Waals surface area contributed by atoms with Gasteiger partial charge in [-0.05, 0) is 29.6 Å². The summed E-state index contributed by atoms with van der Waals surface area (Å²) >= 11 is 7.72. The highest BCUT2D eigenvalue weighted by atomic mass is 35.5. The van der Waals surface area contributed by atoms with E-state index in [2.05, 4.69) is 16.4 Å². The van der Waals surface area contributed by atoms with Crippen LogP contribution in [0.15, 0.2) is 48.1 Å². The van der Waals surface area contributed by atoms with Crippen LogP contribution >= 0.6 is 22.9 Å². The minimum absolute atomic E-state index is 0.00896. The Hall–Kier alpha value is -2.11. The van der Waals surface area contributed by atoms with Gasteiger partial charge in [0.05, 0.1) is 5.69 Å². The third-order valence-electron chi connectivity index (χ3n) is 3.75. The Morgan fingerprint density at radius 3 is 3.00 bits per heavy atom. The number of amides is 1. The van der Waals surface area contributed by atoms with Crippen molar-refractivity contribution in [1.82, 2.24) is 9.55 Å². The van der Waals surface area contributed by atoms with Crippen molar-refractivity contribution in [3.05, 3.63) is 63.7 Å². The Labute approximate surface area is 136 Å². The molecule has 1 amide bonds. The average Bonchev–Trinajstić information content (AvgIpc) is 3.16. The highest BCUT2D eigenvalue weighted by molar-refractivity contribution is 7.10. The third kappa shape index (κ3) is 2.23. The van der Waals surface area contributed by atoms with Crippen LogP contribution in [0.1, 0.15) is 22.9 Å². The Balaban J connectivity index is 1.84. The molecule has 1 aliphatic heterocycles. The second kappa shape index (κ2) is 5.26. The zero-order chi connectivity index (χ0) is 15.1. The number of halogens is 1. The van der Waals surface area contributed by atoms with Crippen molar-refractivity contribution in [2.45, 2.75) is 12.3 Å². The maximum atomic E-state index is 12.1. The fourth-order valence-electron chi connectivity index (χ4n) is 2.75. The van der Waals surface area contributed by atoms with Gasteiger partial charge in [0.2, 0.25) is 5.91 Å². The predicted molar refractivity (Wildman–Crippen MR) is 88.0 cm³/mol. The molecule has 4 rings (SSSR count). The summed E-state index contributed by atoms with van der Waals surface area (Å²) < 4.78 is 1.87. The summed E-state index contributed by atoms with van der Waals surface area (Å²) in [5, 5.41) is 5.61. The molecule has 1 aromatic carbocycles. The van der Waals surface area contributed by atoms with E-state index in [0.29, 0.717) is 11.4 Å². The Kier molecular flexibility index (Phi) is 3.24. The maximum absolute atomic E-state index is 12.1. The summed E-state index contributed by atoms with van der Waals surface area (Å²) in [6, 6.07) is 11.5. The topological polar surface area (TPSA) is 46.9 Å². The number of fused-ring (bicyclic) bond motifs is 1. The second-order valence-electron chi connectivity index (χ2n) is 5.15. The van der Waals surface area contributed by atoms with Crippen molar-refractivity contribution in [3.8, 4) is 5.69 Å². The largest absolute Gasteiger partial charge is 0.310 e. The summed E-state index contributed by atoms with van der Waals surface area (Å²) in [7, 11) is 0. The van der Waals surface area contributed by atoms with Gasteiger partial charge in [-0.3, -0.25) is 9.36 Å². The molecule has 1 aliphatic rings. The average molecular weight is 330 g/mol. The van der Waals surface area contributed by atoms with Gasteiger partial charge in [-0.2, -0.15) is 0 Å². The Morgan fingerprint density at radius 2 is 2.23 bits per heavy atom. The van der Waals surface area contributed by atoms with E-state index in [1.807, 2.05) is 40.3 Å². The normalized spacial score (nSPS) is 17.1. The smallest absolute Gasteiger partial charge is 0.226 e. The molecule has 3 heterocycles. The van der Waals surface area contributed by atoms with Crippen LogP contribution in [-0.2, 0) is 4.79 Å². The number of thiophene rings is 1. The van der Waals surface area contributed by atoms with Crippen LogP contribution in [0.2, 0.25) is 5.02 Å². The monoisotopic (exact) mass is 329 g/mol. The summed E-state index contributed by atoms with van der Waals surface area (Å²) in [6.07, 6.45) is 2.17. The molecule has 0 aliphatic carbocycles. The summed E-state index contributed by atoms with van der Waals surface area (Å²) in [4.78, 5) is 17.8. The molecule has 2 aromatic heterocycles. The zero-order valence-electron chi connectivity index (χ0n) is 11.5. The van der Waals surface area contributed by atoms with Gasteiger partial charge in [0.1, 0.15) is 12.1 Å². The van der Waals surface area contributed by atoms with Crippen LogP contribution in [0, 0.1) is 0 Å². The first-order valence-electron chi connectivity index (χ1n) is 6.89. The quantitative estimate of drug-likeness (QED) is 0.770. The number of carbonyl (C=O) groups excluding carboxylic acids is 1. The fraction of sp³-hybridized carbons (Fsp3) is 0.125. The van der Waals surface area contributed by atoms with Crippen LogP contribution in [0.5, 0.6) is 0 Å². The Morgan fingerprint density at radius 1 is 1.32 bits per heavy atom. The third-order valence-corrected chi connectivity index (χ3v) is 4.97. The lowest BCUT2D eigenvalue weighted by atomic mass is 9.96. The molecule has 110 valence electrons. The molecule has 1 atom stereocenters.